The molecule has 2 aliphatic rings. The van der Waals surface area contributed by atoms with E-state index in [1.54, 1.807) is 72.8 Å². The predicted molar refractivity (Wildman–Crippen MR) is 498 cm³/mol. The van der Waals surface area contributed by atoms with Crippen LogP contribution in [0, 0.1) is 0 Å². The van der Waals surface area contributed by atoms with Crippen molar-refractivity contribution in [2.24, 2.45) is 5.73 Å². The first-order valence-corrected chi connectivity index (χ1v) is 41.9. The Labute approximate surface area is 754 Å². The average Bonchev–Trinajstić information content (AvgIpc) is 0.947. The molecule has 126 heavy (non-hydrogen) atoms. The summed E-state index contributed by atoms with van der Waals surface area (Å²) in [6, 6.07) is 61.5. The number of hydrogen-bond acceptors (Lipinski definition) is 29. The molecule has 0 saturated heterocycles. The van der Waals surface area contributed by atoms with Gasteiger partial charge < -0.3 is 85.0 Å². The number of hydrogen-bond donors (Lipinski definition) is 7. The molecule has 6 bridgehead atoms. The van der Waals surface area contributed by atoms with Gasteiger partial charge in [0.1, 0.15) is 103 Å². The van der Waals surface area contributed by atoms with Gasteiger partial charge in [0.25, 0.3) is 0 Å². The summed E-state index contributed by atoms with van der Waals surface area (Å²) in [6.45, 7) is 32.4. The lowest BCUT2D eigenvalue weighted by Gasteiger charge is -2.10. The first-order valence-electron chi connectivity index (χ1n) is 40.1. The lowest BCUT2D eigenvalue weighted by Crippen LogP contribution is -2.10. The van der Waals surface area contributed by atoms with Crippen LogP contribution < -0.4 is 74.8 Å². The van der Waals surface area contributed by atoms with E-state index in [4.69, 9.17) is 87.1 Å². The largest absolute Gasteiger partial charge is 0.508 e. The molecule has 0 spiro atoms. The molecule has 12 aromatic rings. The summed E-state index contributed by atoms with van der Waals surface area (Å²) >= 11 is 14.0. The molecule has 8 aromatic carbocycles. The number of nitrogens with two attached hydrogens (primary N) is 2. The number of rotatable bonds is 32. The summed E-state index contributed by atoms with van der Waals surface area (Å²) < 4.78 is 55.0. The fourth-order valence-corrected chi connectivity index (χ4v) is 10.7. The van der Waals surface area contributed by atoms with Crippen LogP contribution in [0.1, 0.15) is 84.1 Å². The Hall–Kier alpha value is -13.9. The van der Waals surface area contributed by atoms with Gasteiger partial charge in [0.05, 0.1) is 26.4 Å². The maximum atomic E-state index is 9.40. The van der Waals surface area contributed by atoms with E-state index in [0.29, 0.717) is 165 Å². The Balaban J connectivity index is 0.000000217. The summed E-state index contributed by atoms with van der Waals surface area (Å²) in [7, 11) is 0. The van der Waals surface area contributed by atoms with Gasteiger partial charge in [-0.05, 0) is 199 Å². The average molecular weight is 1820 g/mol. The molecule has 29 nitrogen and oxygen atoms in total. The van der Waals surface area contributed by atoms with Crippen molar-refractivity contribution in [1.29, 1.82) is 0 Å². The van der Waals surface area contributed by atoms with E-state index in [2.05, 4.69) is 125 Å². The minimum absolute atomic E-state index is 0.0356. The van der Waals surface area contributed by atoms with Gasteiger partial charge in [0.15, 0.2) is 0 Å². The first kappa shape index (κ1) is 99.2. The maximum Gasteiger partial charge on any atom is 0.322 e. The van der Waals surface area contributed by atoms with Crippen molar-refractivity contribution in [1.82, 2.24) is 59.8 Å². The molecule has 6 heterocycles. The normalized spacial score (nSPS) is 10.8. The standard InChI is InChI=1S/C25H28N4O3.C23H24N4O3.C22H24N4O3.C9H11NO.C7H9NO.C5H5Cl2N3O.C3H5Br/c1-4-14-31-21-12-10-19(11-13-21)18-26-24-27-23(28-25(29-24)30-6-3)17-20-8-7-9-22(16-20)32-15-5-2;1-2-28-23-26-21-15-18-6-5-7-20(14-18)30-13-4-3-12-29-19-10-8-17(9-11-19)16-24-22(25-21)27-23;1-3-12-29-19-7-5-6-17(13-19)14-20-24-21(26-22(25-20)28-4-2)23-15-16-8-10-18(27)11-9-16;1-2-6-11-9-5-3-4-8(10)7-9;8-5-6-1-3-7(9)4-2-6;1-2-11-5-9-3(6)8-4(7)10-5;1-2-3-4/h4-5,7-13,16H,1-2,6,14-15,17-18H2,3H3,(H,26,27,28,29);3-11,14H,2,12-13,15-16H2,1H3,(H,24,25,26,27);3,5-11,13,27H,1,4,12,14-15H2,2H3,(H,23,24,25,26);2-5,7H,1,6,10H2;1-4,9H,5,8H2;2H2,1H3;2H,1,3H2. The number of phenols is 2. The first-order chi connectivity index (χ1) is 61.4. The van der Waals surface area contributed by atoms with Crippen LogP contribution in [0.5, 0.6) is 70.0 Å². The van der Waals surface area contributed by atoms with Crippen LogP contribution in [-0.4, -0.2) is 141 Å². The van der Waals surface area contributed by atoms with E-state index in [1.807, 2.05) is 192 Å². The van der Waals surface area contributed by atoms with Crippen molar-refractivity contribution in [3.8, 4) is 70.0 Å². The van der Waals surface area contributed by atoms with Crippen LogP contribution in [0.25, 0.3) is 0 Å². The molecular formula is C94H106BrCl2N17O12. The Morgan fingerprint density at radius 1 is 0.429 bits per heavy atom. The van der Waals surface area contributed by atoms with Crippen LogP contribution in [0.4, 0.5) is 23.5 Å². The van der Waals surface area contributed by atoms with Crippen LogP contribution >= 0.6 is 39.1 Å². The highest BCUT2D eigenvalue weighted by Crippen LogP contribution is 2.25. The second-order valence-corrected chi connectivity index (χ2v) is 27.2. The summed E-state index contributed by atoms with van der Waals surface area (Å²) in [4.78, 5) is 50.9. The van der Waals surface area contributed by atoms with Gasteiger partial charge in [-0.3, -0.25) is 0 Å². The van der Waals surface area contributed by atoms with Gasteiger partial charge in [0.2, 0.25) is 28.4 Å². The molecule has 2 aliphatic heterocycles. The Kier molecular flexibility index (Phi) is 45.8. The molecule has 0 saturated carbocycles. The lowest BCUT2D eigenvalue weighted by atomic mass is 10.1. The van der Waals surface area contributed by atoms with E-state index >= 15 is 0 Å². The number of aromatic hydroxyl groups is 2. The van der Waals surface area contributed by atoms with Crippen molar-refractivity contribution in [2.45, 2.75) is 73.1 Å². The number of benzene rings is 8. The number of allylic oxidation sites excluding steroid dienone is 1. The van der Waals surface area contributed by atoms with Gasteiger partial charge in [0, 0.05) is 62.5 Å². The van der Waals surface area contributed by atoms with Crippen molar-refractivity contribution in [3.63, 3.8) is 0 Å². The second kappa shape index (κ2) is 58.2. The van der Waals surface area contributed by atoms with Crippen LogP contribution in [-0.2, 0) is 45.4 Å². The van der Waals surface area contributed by atoms with Gasteiger partial charge >= 0.3 is 24.0 Å². The van der Waals surface area contributed by atoms with Gasteiger partial charge in [-0.1, -0.05) is 164 Å². The van der Waals surface area contributed by atoms with E-state index in [-0.39, 0.29) is 34.1 Å². The predicted octanol–water partition coefficient (Wildman–Crippen LogP) is 18.0. The number of halogens is 3. The van der Waals surface area contributed by atoms with Crippen LogP contribution in [0.2, 0.25) is 10.6 Å². The summed E-state index contributed by atoms with van der Waals surface area (Å²) in [6.07, 6.45) is 14.1. The zero-order chi connectivity index (χ0) is 90.1. The highest BCUT2D eigenvalue weighted by atomic mass is 79.9. The minimum Gasteiger partial charge on any atom is -0.508 e. The molecule has 0 fully saturated rings. The molecule has 32 heteroatoms. The Bertz CT molecular complexity index is 5250. The fraction of sp³-hybridized carbons (Fsp3) is 0.234. The summed E-state index contributed by atoms with van der Waals surface area (Å²) in [5.41, 5.74) is 18.8. The molecule has 0 atom stereocenters. The van der Waals surface area contributed by atoms with E-state index in [1.165, 1.54) is 0 Å². The van der Waals surface area contributed by atoms with Crippen molar-refractivity contribution in [2.75, 3.05) is 93.1 Å². The number of nitrogen functional groups attached to an aromatic ring is 1. The summed E-state index contributed by atoms with van der Waals surface area (Å²) in [5, 5.41) is 28.9. The second-order valence-electron chi connectivity index (χ2n) is 25.8. The Morgan fingerprint density at radius 3 is 1.33 bits per heavy atom. The molecule has 660 valence electrons. The van der Waals surface area contributed by atoms with Crippen molar-refractivity contribution in [3.05, 3.63) is 337 Å². The quantitative estimate of drug-likeness (QED) is 0.0117. The highest BCUT2D eigenvalue weighted by molar-refractivity contribution is 9.09. The molecule has 14 rings (SSSR count). The van der Waals surface area contributed by atoms with Gasteiger partial charge in [-0.25, -0.2) is 0 Å². The third-order valence-corrected chi connectivity index (χ3v) is 16.8. The SMILES string of the molecule is C=CCBr.C=CCOc1ccc(CNc2nc(Cc3cccc(OCC=C)c3)nc(OCC)n2)cc1.C=CCOc1cccc(Cc2nc(NCc3ccc(O)cc3)nc(OCC)n2)c1.C=CCOc1cccc(N)c1.CCOc1nc(Cl)nc(Cl)n1.CCOc1nc2nc(n1)NCc1ccc(cc1)OCC=CCOc1cccc(c1)C2.NCc1ccc(O)cc1. The number of aromatic nitrogens is 12. The number of fused-ring (bicyclic) bond motifs is 7. The fourth-order valence-electron chi connectivity index (χ4n) is 10.4. The number of nitrogens with zero attached hydrogens (tertiary/aromatic N) is 12. The monoisotopic (exact) mass is 1810 g/mol. The lowest BCUT2D eigenvalue weighted by molar-refractivity contribution is 0.310. The van der Waals surface area contributed by atoms with Gasteiger partial charge in [-0.15, -0.1) is 6.58 Å². The number of anilines is 4. The van der Waals surface area contributed by atoms with E-state index in [0.717, 1.165) is 78.8 Å². The maximum absolute atomic E-state index is 9.40. The van der Waals surface area contributed by atoms with Crippen LogP contribution in [0.15, 0.2) is 270 Å². The van der Waals surface area contributed by atoms with E-state index in [9.17, 15) is 5.11 Å². The summed E-state index contributed by atoms with van der Waals surface area (Å²) in [5.74, 6) is 8.48. The topological polar surface area (TPSA) is 376 Å². The molecule has 0 amide bonds. The molecular weight excluding hydrogens is 1710 g/mol. The molecule has 4 aromatic heterocycles. The zero-order valence-corrected chi connectivity index (χ0v) is 74.0. The van der Waals surface area contributed by atoms with Crippen molar-refractivity contribution >= 4 is 62.7 Å². The molecule has 0 unspecified atom stereocenters. The van der Waals surface area contributed by atoms with Gasteiger partial charge in [-0.2, -0.15) is 59.8 Å². The Morgan fingerprint density at radius 2 is 0.865 bits per heavy atom. The zero-order valence-electron chi connectivity index (χ0n) is 70.9. The molecule has 9 N–H and O–H groups in total. The van der Waals surface area contributed by atoms with Crippen LogP contribution in [0.3, 0.4) is 0 Å². The molecule has 0 radical (unpaired) electrons. The third-order valence-electron chi connectivity index (χ3n) is 16.0. The number of phenolic OH excluding ortho intramolecular Hbond substituents is 2. The van der Waals surface area contributed by atoms with Crippen molar-refractivity contribution < 1.29 is 57.6 Å². The number of nitrogens with one attached hydrogen (secondary N) is 3. The van der Waals surface area contributed by atoms with E-state index < -0.39 is 0 Å². The number of ether oxygens (including phenoxy) is 10. The number of alkyl halides is 1. The third kappa shape index (κ3) is 39.9. The minimum atomic E-state index is 0.0356. The smallest absolute Gasteiger partial charge is 0.322 e. The highest BCUT2D eigenvalue weighted by Gasteiger charge is 2.15. The molecule has 0 aliphatic carbocycles.